The van der Waals surface area contributed by atoms with E-state index in [1.165, 1.54) is 19.3 Å². The lowest BCUT2D eigenvalue weighted by molar-refractivity contribution is 0.737. The van der Waals surface area contributed by atoms with Crippen molar-refractivity contribution in [1.82, 2.24) is 0 Å². The lowest BCUT2D eigenvalue weighted by Gasteiger charge is -1.87. The molecule has 2 N–H and O–H groups in total. The van der Waals surface area contributed by atoms with Gasteiger partial charge in [0.05, 0.1) is 13.0 Å². The number of unbranched alkanes of at least 4 members (excludes halogenated alkanes) is 3. The van der Waals surface area contributed by atoms with Crippen molar-refractivity contribution in [3.05, 3.63) is 0 Å². The highest BCUT2D eigenvalue weighted by Crippen LogP contribution is 1.96. The average Bonchev–Trinajstić information content (AvgIpc) is 2.10. The number of nitrogens with two attached hydrogens (primary N) is 1. The maximum absolute atomic E-state index is 5.19. The normalized spacial score (nSPS) is 7.83. The minimum Gasteiger partial charge on any atom is -0.320 e. The number of hydrogen-bond donors (Lipinski definition) is 1. The molecular formula is C11H17N. The Morgan fingerprint density at radius 3 is 2.42 bits per heavy atom. The van der Waals surface area contributed by atoms with Gasteiger partial charge in [-0.2, -0.15) is 0 Å². The smallest absolute Gasteiger partial charge is 0.0703 e. The quantitative estimate of drug-likeness (QED) is 0.499. The second-order valence-corrected chi connectivity index (χ2v) is 2.55. The molecule has 0 bridgehead atoms. The van der Waals surface area contributed by atoms with Gasteiger partial charge in [0.2, 0.25) is 0 Å². The molecule has 0 saturated carbocycles. The van der Waals surface area contributed by atoms with Crippen LogP contribution in [0.25, 0.3) is 0 Å². The highest BCUT2D eigenvalue weighted by molar-refractivity contribution is 5.11. The van der Waals surface area contributed by atoms with Crippen LogP contribution in [0.2, 0.25) is 0 Å². The Morgan fingerprint density at radius 1 is 1.00 bits per heavy atom. The van der Waals surface area contributed by atoms with E-state index < -0.39 is 0 Å². The van der Waals surface area contributed by atoms with Crippen molar-refractivity contribution >= 4 is 0 Å². The van der Waals surface area contributed by atoms with Crippen molar-refractivity contribution in [2.45, 2.75) is 39.0 Å². The van der Waals surface area contributed by atoms with E-state index in [1.54, 1.807) is 0 Å². The molecule has 0 atom stereocenters. The van der Waals surface area contributed by atoms with Gasteiger partial charge < -0.3 is 5.73 Å². The Morgan fingerprint density at radius 2 is 1.75 bits per heavy atom. The first kappa shape index (κ1) is 11.1. The molecule has 0 aromatic carbocycles. The van der Waals surface area contributed by atoms with E-state index in [9.17, 15) is 0 Å². The first-order valence-electron chi connectivity index (χ1n) is 4.53. The molecule has 0 amide bonds. The Kier molecular flexibility index (Phi) is 9.31. The predicted molar refractivity (Wildman–Crippen MR) is 53.4 cm³/mol. The molecule has 0 aliphatic rings. The molecule has 66 valence electrons. The summed E-state index contributed by atoms with van der Waals surface area (Å²) in [4.78, 5) is 0. The number of hydrogen-bond acceptors (Lipinski definition) is 1. The van der Waals surface area contributed by atoms with E-state index in [-0.39, 0.29) is 0 Å². The fraction of sp³-hybridized carbons (Fsp3) is 0.636. The van der Waals surface area contributed by atoms with Gasteiger partial charge >= 0.3 is 0 Å². The molecule has 0 heterocycles. The van der Waals surface area contributed by atoms with Gasteiger partial charge in [0.15, 0.2) is 0 Å². The summed E-state index contributed by atoms with van der Waals surface area (Å²) in [5.41, 5.74) is 5.19. The minimum atomic E-state index is 0.442. The van der Waals surface area contributed by atoms with Crippen LogP contribution in [0.1, 0.15) is 39.0 Å². The summed E-state index contributed by atoms with van der Waals surface area (Å²) in [7, 11) is 0. The van der Waals surface area contributed by atoms with Gasteiger partial charge in [-0.1, -0.05) is 37.5 Å². The van der Waals surface area contributed by atoms with Crippen molar-refractivity contribution in [2.75, 3.05) is 6.54 Å². The lowest BCUT2D eigenvalue weighted by Crippen LogP contribution is -1.92. The molecular weight excluding hydrogens is 146 g/mol. The van der Waals surface area contributed by atoms with Crippen LogP contribution in [-0.4, -0.2) is 6.54 Å². The third-order valence-corrected chi connectivity index (χ3v) is 1.43. The Bertz CT molecular complexity index is 197. The van der Waals surface area contributed by atoms with Crippen LogP contribution in [0, 0.1) is 23.7 Å². The summed E-state index contributed by atoms with van der Waals surface area (Å²) in [6.45, 7) is 2.64. The summed E-state index contributed by atoms with van der Waals surface area (Å²) in [6.07, 6.45) is 5.44. The zero-order valence-corrected chi connectivity index (χ0v) is 7.82. The zero-order chi connectivity index (χ0) is 9.07. The molecule has 0 radical (unpaired) electrons. The van der Waals surface area contributed by atoms with Gasteiger partial charge in [-0.3, -0.25) is 0 Å². The summed E-state index contributed by atoms with van der Waals surface area (Å²) < 4.78 is 0. The maximum Gasteiger partial charge on any atom is 0.0703 e. The second kappa shape index (κ2) is 10.1. The van der Waals surface area contributed by atoms with E-state index in [4.69, 9.17) is 5.73 Å². The van der Waals surface area contributed by atoms with Crippen molar-refractivity contribution in [3.8, 4) is 23.7 Å². The van der Waals surface area contributed by atoms with Gasteiger partial charge in [0.1, 0.15) is 0 Å². The fourth-order valence-electron chi connectivity index (χ4n) is 0.793. The summed E-state index contributed by atoms with van der Waals surface area (Å²) in [5, 5.41) is 0. The topological polar surface area (TPSA) is 26.0 Å². The van der Waals surface area contributed by atoms with Crippen LogP contribution in [-0.2, 0) is 0 Å². The molecule has 0 aromatic rings. The van der Waals surface area contributed by atoms with Gasteiger partial charge in [0, 0.05) is 6.42 Å². The van der Waals surface area contributed by atoms with Crippen LogP contribution in [0.4, 0.5) is 0 Å². The van der Waals surface area contributed by atoms with Crippen LogP contribution >= 0.6 is 0 Å². The molecule has 0 fully saturated rings. The zero-order valence-electron chi connectivity index (χ0n) is 7.82. The van der Waals surface area contributed by atoms with Gasteiger partial charge in [-0.05, 0) is 6.42 Å². The molecule has 0 saturated heterocycles. The average molecular weight is 163 g/mol. The fourth-order valence-corrected chi connectivity index (χ4v) is 0.793. The third kappa shape index (κ3) is 9.08. The molecule has 0 unspecified atom stereocenters. The van der Waals surface area contributed by atoms with Crippen LogP contribution in [0.5, 0.6) is 0 Å². The van der Waals surface area contributed by atoms with E-state index in [1.807, 2.05) is 0 Å². The SMILES string of the molecule is CCCCCC#CCC#CCN. The Hall–Kier alpha value is -0.920. The Labute approximate surface area is 75.7 Å². The first-order valence-corrected chi connectivity index (χ1v) is 4.53. The Balaban J connectivity index is 3.23. The molecule has 1 nitrogen and oxygen atoms in total. The predicted octanol–water partition coefficient (Wildman–Crippen LogP) is 1.92. The minimum absolute atomic E-state index is 0.442. The van der Waals surface area contributed by atoms with Gasteiger partial charge in [-0.25, -0.2) is 0 Å². The van der Waals surface area contributed by atoms with Gasteiger partial charge in [0.25, 0.3) is 0 Å². The van der Waals surface area contributed by atoms with Crippen molar-refractivity contribution in [3.63, 3.8) is 0 Å². The molecule has 0 aromatic heterocycles. The largest absolute Gasteiger partial charge is 0.320 e. The summed E-state index contributed by atoms with van der Waals surface area (Å²) in [5.74, 6) is 11.7. The van der Waals surface area contributed by atoms with E-state index in [0.29, 0.717) is 13.0 Å². The molecule has 12 heavy (non-hydrogen) atoms. The second-order valence-electron chi connectivity index (χ2n) is 2.55. The van der Waals surface area contributed by atoms with Crippen LogP contribution in [0.3, 0.4) is 0 Å². The number of rotatable bonds is 3. The van der Waals surface area contributed by atoms with Crippen molar-refractivity contribution in [1.29, 1.82) is 0 Å². The van der Waals surface area contributed by atoms with Gasteiger partial charge in [-0.15, -0.1) is 5.92 Å². The monoisotopic (exact) mass is 163 g/mol. The molecule has 0 aliphatic carbocycles. The third-order valence-electron chi connectivity index (χ3n) is 1.43. The maximum atomic E-state index is 5.19. The molecule has 0 rings (SSSR count). The van der Waals surface area contributed by atoms with Crippen LogP contribution in [0.15, 0.2) is 0 Å². The van der Waals surface area contributed by atoms with E-state index in [2.05, 4.69) is 30.6 Å². The summed E-state index contributed by atoms with van der Waals surface area (Å²) >= 11 is 0. The van der Waals surface area contributed by atoms with Crippen molar-refractivity contribution in [2.24, 2.45) is 5.73 Å². The molecule has 0 aliphatic heterocycles. The molecule has 0 spiro atoms. The standard InChI is InChI=1S/C11H17N/c1-2-3-4-5-6-7-8-9-10-11-12/h2-5,8,11-12H2,1H3. The van der Waals surface area contributed by atoms with Crippen LogP contribution < -0.4 is 5.73 Å². The van der Waals surface area contributed by atoms with E-state index in [0.717, 1.165) is 6.42 Å². The highest BCUT2D eigenvalue weighted by atomic mass is 14.5. The van der Waals surface area contributed by atoms with E-state index >= 15 is 0 Å². The molecule has 1 heteroatoms. The summed E-state index contributed by atoms with van der Waals surface area (Å²) in [6, 6.07) is 0. The van der Waals surface area contributed by atoms with Crippen molar-refractivity contribution < 1.29 is 0 Å². The lowest BCUT2D eigenvalue weighted by atomic mass is 10.2. The highest BCUT2D eigenvalue weighted by Gasteiger charge is 1.79. The first-order chi connectivity index (χ1) is 5.91.